The van der Waals surface area contributed by atoms with Gasteiger partial charge in [-0.15, -0.1) is 0 Å². The molecule has 1 aliphatic heterocycles. The summed E-state index contributed by atoms with van der Waals surface area (Å²) in [5.41, 5.74) is 0.556. The molecule has 0 aromatic heterocycles. The summed E-state index contributed by atoms with van der Waals surface area (Å²) < 4.78 is 10.8. The maximum Gasteiger partial charge on any atom is 0.251 e. The number of carbonyl (C=O) groups is 1. The van der Waals surface area contributed by atoms with Crippen molar-refractivity contribution in [2.24, 2.45) is 0 Å². The first-order valence-corrected chi connectivity index (χ1v) is 6.11. The van der Waals surface area contributed by atoms with Gasteiger partial charge in [0, 0.05) is 11.6 Å². The van der Waals surface area contributed by atoms with Crippen LogP contribution in [0.2, 0.25) is 0 Å². The lowest BCUT2D eigenvalue weighted by Gasteiger charge is -2.32. The lowest BCUT2D eigenvalue weighted by Crippen LogP contribution is -2.46. The number of ether oxygens (including phenoxy) is 2. The van der Waals surface area contributed by atoms with Gasteiger partial charge in [-0.1, -0.05) is 0 Å². The first-order valence-electron chi connectivity index (χ1n) is 6.11. The van der Waals surface area contributed by atoms with Gasteiger partial charge in [0.05, 0.1) is 6.10 Å². The Morgan fingerprint density at radius 3 is 2.67 bits per heavy atom. The van der Waals surface area contributed by atoms with Crippen molar-refractivity contribution in [3.05, 3.63) is 23.8 Å². The Bertz CT molecular complexity index is 468. The number of amides is 1. The molecule has 2 aliphatic rings. The van der Waals surface area contributed by atoms with Gasteiger partial charge >= 0.3 is 0 Å². The van der Waals surface area contributed by atoms with E-state index in [0.717, 1.165) is 0 Å². The third kappa shape index (κ3) is 2.13. The zero-order valence-corrected chi connectivity index (χ0v) is 9.89. The van der Waals surface area contributed by atoms with Crippen molar-refractivity contribution < 1.29 is 19.4 Å². The normalized spacial score (nSPS) is 25.2. The number of hydrogen-bond acceptors (Lipinski definition) is 4. The molecular weight excluding hydrogens is 234 g/mol. The molecule has 5 heteroatoms. The second kappa shape index (κ2) is 4.49. The van der Waals surface area contributed by atoms with Crippen LogP contribution in [0.3, 0.4) is 0 Å². The highest BCUT2D eigenvalue weighted by Gasteiger charge is 2.28. The van der Waals surface area contributed by atoms with Crippen LogP contribution in [-0.4, -0.2) is 36.4 Å². The fourth-order valence-corrected chi connectivity index (χ4v) is 2.16. The molecule has 1 saturated carbocycles. The molecule has 0 radical (unpaired) electrons. The van der Waals surface area contributed by atoms with Crippen LogP contribution >= 0.6 is 0 Å². The molecule has 0 saturated heterocycles. The first-order chi connectivity index (χ1) is 8.72. The van der Waals surface area contributed by atoms with E-state index >= 15 is 0 Å². The Morgan fingerprint density at radius 1 is 1.22 bits per heavy atom. The van der Waals surface area contributed by atoms with Crippen LogP contribution in [0, 0.1) is 0 Å². The van der Waals surface area contributed by atoms with Crippen molar-refractivity contribution in [1.29, 1.82) is 0 Å². The number of benzene rings is 1. The Morgan fingerprint density at radius 2 is 1.94 bits per heavy atom. The minimum Gasteiger partial charge on any atom is -0.486 e. The number of carbonyl (C=O) groups excluding carboxylic acids is 1. The molecule has 0 spiro atoms. The van der Waals surface area contributed by atoms with Gasteiger partial charge in [-0.05, 0) is 31.0 Å². The lowest BCUT2D eigenvalue weighted by atomic mass is 9.89. The fourth-order valence-electron chi connectivity index (χ4n) is 2.16. The van der Waals surface area contributed by atoms with E-state index in [1.54, 1.807) is 18.2 Å². The van der Waals surface area contributed by atoms with Crippen molar-refractivity contribution >= 4 is 5.91 Å². The van der Waals surface area contributed by atoms with Gasteiger partial charge < -0.3 is 19.9 Å². The van der Waals surface area contributed by atoms with Crippen LogP contribution in [0.25, 0.3) is 0 Å². The fraction of sp³-hybridized carbons (Fsp3) is 0.462. The van der Waals surface area contributed by atoms with E-state index in [0.29, 0.717) is 43.1 Å². The largest absolute Gasteiger partial charge is 0.486 e. The second-order valence-corrected chi connectivity index (χ2v) is 4.65. The van der Waals surface area contributed by atoms with E-state index in [4.69, 9.17) is 9.47 Å². The van der Waals surface area contributed by atoms with E-state index < -0.39 is 0 Å². The Balaban J connectivity index is 1.69. The van der Waals surface area contributed by atoms with E-state index in [1.165, 1.54) is 0 Å². The maximum absolute atomic E-state index is 12.0. The molecule has 3 rings (SSSR count). The first kappa shape index (κ1) is 11.3. The molecule has 1 aromatic rings. The SMILES string of the molecule is O=C(NC1CC(O)C1)c1ccc2c(c1)OCCO2. The molecule has 96 valence electrons. The van der Waals surface area contributed by atoms with Gasteiger partial charge in [0.2, 0.25) is 0 Å². The van der Waals surface area contributed by atoms with Gasteiger partial charge in [0.25, 0.3) is 5.91 Å². The van der Waals surface area contributed by atoms with Gasteiger partial charge in [-0.2, -0.15) is 0 Å². The molecule has 2 N–H and O–H groups in total. The minimum absolute atomic E-state index is 0.0840. The van der Waals surface area contributed by atoms with Crippen LogP contribution in [0.4, 0.5) is 0 Å². The smallest absolute Gasteiger partial charge is 0.251 e. The van der Waals surface area contributed by atoms with Crippen LogP contribution in [0.15, 0.2) is 18.2 Å². The summed E-state index contributed by atoms with van der Waals surface area (Å²) in [7, 11) is 0. The van der Waals surface area contributed by atoms with E-state index in [2.05, 4.69) is 5.32 Å². The standard InChI is InChI=1S/C13H15NO4/c15-10-6-9(7-10)14-13(16)8-1-2-11-12(5-8)18-4-3-17-11/h1-2,5,9-10,15H,3-4,6-7H2,(H,14,16). The number of nitrogens with one attached hydrogen (secondary N) is 1. The van der Waals surface area contributed by atoms with Crippen molar-refractivity contribution in [3.63, 3.8) is 0 Å². The number of rotatable bonds is 2. The van der Waals surface area contributed by atoms with Gasteiger partial charge in [-0.25, -0.2) is 0 Å². The van der Waals surface area contributed by atoms with Crippen molar-refractivity contribution in [1.82, 2.24) is 5.32 Å². The molecule has 1 aliphatic carbocycles. The Labute approximate surface area is 105 Å². The summed E-state index contributed by atoms with van der Waals surface area (Å²) in [4.78, 5) is 12.0. The molecule has 5 nitrogen and oxygen atoms in total. The average Bonchev–Trinajstić information content (AvgIpc) is 2.36. The highest BCUT2D eigenvalue weighted by Crippen LogP contribution is 2.31. The predicted molar refractivity (Wildman–Crippen MR) is 63.9 cm³/mol. The molecule has 1 heterocycles. The minimum atomic E-state index is -0.268. The topological polar surface area (TPSA) is 67.8 Å². The van der Waals surface area contributed by atoms with Crippen molar-refractivity contribution in [2.75, 3.05) is 13.2 Å². The van der Waals surface area contributed by atoms with E-state index in [1.807, 2.05) is 0 Å². The predicted octanol–water partition coefficient (Wildman–Crippen LogP) is 0.711. The average molecular weight is 249 g/mol. The molecular formula is C13H15NO4. The molecule has 0 atom stereocenters. The second-order valence-electron chi connectivity index (χ2n) is 4.65. The summed E-state index contributed by atoms with van der Waals surface area (Å²) in [5, 5.41) is 12.0. The van der Waals surface area contributed by atoms with Crippen LogP contribution in [-0.2, 0) is 0 Å². The third-order valence-electron chi connectivity index (χ3n) is 3.25. The number of fused-ring (bicyclic) bond motifs is 1. The van der Waals surface area contributed by atoms with Crippen LogP contribution < -0.4 is 14.8 Å². The molecule has 1 aromatic carbocycles. The summed E-state index contributed by atoms with van der Waals surface area (Å²) in [6, 6.07) is 5.25. The summed E-state index contributed by atoms with van der Waals surface area (Å²) in [6.07, 6.45) is 1.00. The van der Waals surface area contributed by atoms with Gasteiger partial charge in [0.1, 0.15) is 13.2 Å². The zero-order valence-electron chi connectivity index (χ0n) is 9.89. The molecule has 0 bridgehead atoms. The number of hydrogen-bond donors (Lipinski definition) is 2. The number of aliphatic hydroxyl groups is 1. The Hall–Kier alpha value is -1.75. The van der Waals surface area contributed by atoms with Gasteiger partial charge in [0.15, 0.2) is 11.5 Å². The highest BCUT2D eigenvalue weighted by atomic mass is 16.6. The monoisotopic (exact) mass is 249 g/mol. The van der Waals surface area contributed by atoms with Crippen LogP contribution in [0.5, 0.6) is 11.5 Å². The van der Waals surface area contributed by atoms with Gasteiger partial charge in [-0.3, -0.25) is 4.79 Å². The maximum atomic E-state index is 12.0. The molecule has 1 amide bonds. The summed E-state index contributed by atoms with van der Waals surface area (Å²) in [5.74, 6) is 1.16. The number of aliphatic hydroxyl groups excluding tert-OH is 1. The lowest BCUT2D eigenvalue weighted by molar-refractivity contribution is 0.0562. The highest BCUT2D eigenvalue weighted by molar-refractivity contribution is 5.95. The summed E-state index contributed by atoms with van der Waals surface area (Å²) >= 11 is 0. The van der Waals surface area contributed by atoms with Crippen LogP contribution in [0.1, 0.15) is 23.2 Å². The summed E-state index contributed by atoms with van der Waals surface area (Å²) in [6.45, 7) is 1.05. The van der Waals surface area contributed by atoms with Crippen molar-refractivity contribution in [3.8, 4) is 11.5 Å². The zero-order chi connectivity index (χ0) is 12.5. The van der Waals surface area contributed by atoms with E-state index in [9.17, 15) is 9.90 Å². The quantitative estimate of drug-likeness (QED) is 0.810. The molecule has 0 unspecified atom stereocenters. The molecule has 1 fully saturated rings. The van der Waals surface area contributed by atoms with E-state index in [-0.39, 0.29) is 18.1 Å². The van der Waals surface area contributed by atoms with Crippen molar-refractivity contribution in [2.45, 2.75) is 25.0 Å². The molecule has 18 heavy (non-hydrogen) atoms. The third-order valence-corrected chi connectivity index (χ3v) is 3.25. The Kier molecular flexibility index (Phi) is 2.83.